The van der Waals surface area contributed by atoms with Crippen molar-refractivity contribution < 1.29 is 9.18 Å². The largest absolute Gasteiger partial charge is 0.370 e. The van der Waals surface area contributed by atoms with Crippen LogP contribution in [0.15, 0.2) is 53.5 Å². The summed E-state index contributed by atoms with van der Waals surface area (Å²) in [5, 5.41) is 9.28. The SMILES string of the molecule is CC(C)(N=CC(=O)c1ccccc1)C1CCN(c2ccc(F)cc2C#N)CC1. The summed E-state index contributed by atoms with van der Waals surface area (Å²) in [7, 11) is 0. The topological polar surface area (TPSA) is 56.5 Å². The minimum absolute atomic E-state index is 0.0870. The van der Waals surface area contributed by atoms with Gasteiger partial charge in [-0.1, -0.05) is 30.3 Å². The molecule has 4 nitrogen and oxygen atoms in total. The van der Waals surface area contributed by atoms with Crippen LogP contribution in [-0.4, -0.2) is 30.6 Å². The second-order valence-electron chi connectivity index (χ2n) is 7.68. The first-order chi connectivity index (χ1) is 13.4. The van der Waals surface area contributed by atoms with Crippen LogP contribution in [0, 0.1) is 23.1 Å². The van der Waals surface area contributed by atoms with E-state index in [1.165, 1.54) is 18.3 Å². The van der Waals surface area contributed by atoms with Gasteiger partial charge in [0.2, 0.25) is 5.78 Å². The molecule has 0 spiro atoms. The number of benzene rings is 2. The predicted octanol–water partition coefficient (Wildman–Crippen LogP) is 4.65. The predicted molar refractivity (Wildman–Crippen MR) is 109 cm³/mol. The number of hydrogen-bond acceptors (Lipinski definition) is 4. The van der Waals surface area contributed by atoms with Crippen molar-refractivity contribution >= 4 is 17.7 Å². The monoisotopic (exact) mass is 377 g/mol. The maximum atomic E-state index is 13.4. The van der Waals surface area contributed by atoms with Crippen molar-refractivity contribution in [2.45, 2.75) is 32.2 Å². The molecule has 0 atom stereocenters. The van der Waals surface area contributed by atoms with E-state index < -0.39 is 5.82 Å². The number of Topliss-reactive ketones (excluding diaryl/α,β-unsaturated/α-hetero) is 1. The van der Waals surface area contributed by atoms with Crippen molar-refractivity contribution in [2.24, 2.45) is 10.9 Å². The van der Waals surface area contributed by atoms with Crippen LogP contribution >= 0.6 is 0 Å². The Bertz CT molecular complexity index is 907. The van der Waals surface area contributed by atoms with E-state index in [0.717, 1.165) is 31.6 Å². The summed E-state index contributed by atoms with van der Waals surface area (Å²) in [5.74, 6) is -0.153. The van der Waals surface area contributed by atoms with Crippen LogP contribution in [0.5, 0.6) is 0 Å². The zero-order valence-electron chi connectivity index (χ0n) is 16.2. The Morgan fingerprint density at radius 2 is 1.89 bits per heavy atom. The van der Waals surface area contributed by atoms with E-state index in [0.29, 0.717) is 17.0 Å². The molecule has 1 aliphatic rings. The van der Waals surface area contributed by atoms with Crippen LogP contribution in [0.25, 0.3) is 0 Å². The third-order valence-corrected chi connectivity index (χ3v) is 5.49. The van der Waals surface area contributed by atoms with Crippen LogP contribution in [0.4, 0.5) is 10.1 Å². The number of piperidine rings is 1. The number of anilines is 1. The second kappa shape index (κ2) is 8.35. The number of nitriles is 1. The quantitative estimate of drug-likeness (QED) is 0.563. The van der Waals surface area contributed by atoms with Gasteiger partial charge in [-0.15, -0.1) is 0 Å². The Morgan fingerprint density at radius 3 is 2.54 bits per heavy atom. The molecule has 5 heteroatoms. The number of rotatable bonds is 5. The van der Waals surface area contributed by atoms with Gasteiger partial charge in [-0.25, -0.2) is 4.39 Å². The molecule has 0 unspecified atom stereocenters. The fraction of sp³-hybridized carbons (Fsp3) is 0.348. The van der Waals surface area contributed by atoms with Crippen molar-refractivity contribution in [3.8, 4) is 6.07 Å². The summed E-state index contributed by atoms with van der Waals surface area (Å²) in [6, 6.07) is 15.6. The fourth-order valence-electron chi connectivity index (χ4n) is 3.71. The van der Waals surface area contributed by atoms with Crippen LogP contribution in [0.1, 0.15) is 42.6 Å². The second-order valence-corrected chi connectivity index (χ2v) is 7.68. The van der Waals surface area contributed by atoms with Gasteiger partial charge in [0.05, 0.1) is 23.0 Å². The lowest BCUT2D eigenvalue weighted by Gasteiger charge is -2.39. The Labute approximate surface area is 165 Å². The molecule has 2 aromatic carbocycles. The molecule has 3 rings (SSSR count). The van der Waals surface area contributed by atoms with Crippen LogP contribution in [0.2, 0.25) is 0 Å². The molecule has 1 aliphatic heterocycles. The molecule has 144 valence electrons. The Kier molecular flexibility index (Phi) is 5.89. The number of carbonyl (C=O) groups excluding carboxylic acids is 1. The molecule has 1 heterocycles. The highest BCUT2D eigenvalue weighted by atomic mass is 19.1. The number of halogens is 1. The summed E-state index contributed by atoms with van der Waals surface area (Å²) in [4.78, 5) is 19.0. The van der Waals surface area contributed by atoms with Crippen molar-refractivity contribution in [3.05, 3.63) is 65.5 Å². The normalized spacial score (nSPS) is 15.6. The number of hydrogen-bond donors (Lipinski definition) is 0. The molecule has 1 saturated heterocycles. The Balaban J connectivity index is 1.64. The smallest absolute Gasteiger partial charge is 0.203 e. The van der Waals surface area contributed by atoms with Crippen LogP contribution < -0.4 is 4.90 Å². The average Bonchev–Trinajstić information content (AvgIpc) is 2.72. The van der Waals surface area contributed by atoms with E-state index in [9.17, 15) is 14.4 Å². The van der Waals surface area contributed by atoms with E-state index in [4.69, 9.17) is 0 Å². The molecular formula is C23H24FN3O. The zero-order chi connectivity index (χ0) is 20.1. The summed E-state index contributed by atoms with van der Waals surface area (Å²) in [6.45, 7) is 5.66. The summed E-state index contributed by atoms with van der Waals surface area (Å²) < 4.78 is 13.4. The Hall–Kier alpha value is -3.00. The van der Waals surface area contributed by atoms with Crippen LogP contribution in [-0.2, 0) is 0 Å². The molecule has 1 fully saturated rings. The van der Waals surface area contributed by atoms with Crippen molar-refractivity contribution in [2.75, 3.05) is 18.0 Å². The highest BCUT2D eigenvalue weighted by molar-refractivity contribution is 6.35. The highest BCUT2D eigenvalue weighted by Gasteiger charge is 2.32. The minimum atomic E-state index is -0.395. The van der Waals surface area contributed by atoms with E-state index in [2.05, 4.69) is 29.8 Å². The average molecular weight is 377 g/mol. The van der Waals surface area contributed by atoms with E-state index in [1.807, 2.05) is 18.2 Å². The van der Waals surface area contributed by atoms with Gasteiger partial charge in [0.1, 0.15) is 11.9 Å². The summed E-state index contributed by atoms with van der Waals surface area (Å²) in [5.41, 5.74) is 1.43. The van der Waals surface area contributed by atoms with Gasteiger partial charge < -0.3 is 4.90 Å². The molecule has 0 aromatic heterocycles. The standard InChI is InChI=1S/C23H24FN3O/c1-23(2,26-16-22(28)17-6-4-3-5-7-17)19-10-12-27(13-11-19)21-9-8-20(24)14-18(21)15-25/h3-9,14,16,19H,10-13H2,1-2H3. The van der Waals surface area contributed by atoms with Gasteiger partial charge in [-0.3, -0.25) is 9.79 Å². The molecule has 0 N–H and O–H groups in total. The third kappa shape index (κ3) is 4.45. The van der Waals surface area contributed by atoms with Crippen molar-refractivity contribution in [3.63, 3.8) is 0 Å². The molecule has 0 bridgehead atoms. The summed E-state index contributed by atoms with van der Waals surface area (Å²) >= 11 is 0. The first-order valence-corrected chi connectivity index (χ1v) is 9.50. The van der Waals surface area contributed by atoms with Crippen LogP contribution in [0.3, 0.4) is 0 Å². The lowest BCUT2D eigenvalue weighted by atomic mass is 9.80. The van der Waals surface area contributed by atoms with E-state index in [-0.39, 0.29) is 11.3 Å². The maximum absolute atomic E-state index is 13.4. The molecular weight excluding hydrogens is 353 g/mol. The van der Waals surface area contributed by atoms with Gasteiger partial charge in [-0.05, 0) is 50.8 Å². The molecule has 28 heavy (non-hydrogen) atoms. The molecule has 0 radical (unpaired) electrons. The molecule has 0 saturated carbocycles. The summed E-state index contributed by atoms with van der Waals surface area (Å²) in [6.07, 6.45) is 3.23. The number of carbonyl (C=O) groups is 1. The minimum Gasteiger partial charge on any atom is -0.370 e. The molecule has 2 aromatic rings. The van der Waals surface area contributed by atoms with Crippen molar-refractivity contribution in [1.82, 2.24) is 0 Å². The third-order valence-electron chi connectivity index (χ3n) is 5.49. The maximum Gasteiger partial charge on any atom is 0.203 e. The molecule has 0 aliphatic carbocycles. The number of ketones is 1. The first kappa shape index (κ1) is 19.8. The highest BCUT2D eigenvalue weighted by Crippen LogP contribution is 2.33. The van der Waals surface area contributed by atoms with E-state index in [1.54, 1.807) is 18.2 Å². The zero-order valence-corrected chi connectivity index (χ0v) is 16.2. The fourth-order valence-corrected chi connectivity index (χ4v) is 3.71. The van der Waals surface area contributed by atoms with E-state index >= 15 is 0 Å². The Morgan fingerprint density at radius 1 is 1.21 bits per heavy atom. The van der Waals surface area contributed by atoms with Gasteiger partial charge in [0.25, 0.3) is 0 Å². The number of nitrogens with zero attached hydrogens (tertiary/aromatic N) is 3. The lowest BCUT2D eigenvalue weighted by Crippen LogP contribution is -2.41. The van der Waals surface area contributed by atoms with Gasteiger partial charge in [0, 0.05) is 18.7 Å². The van der Waals surface area contributed by atoms with Crippen molar-refractivity contribution in [1.29, 1.82) is 5.26 Å². The molecule has 0 amide bonds. The van der Waals surface area contributed by atoms with Gasteiger partial charge in [0.15, 0.2) is 0 Å². The first-order valence-electron chi connectivity index (χ1n) is 9.50. The lowest BCUT2D eigenvalue weighted by molar-refractivity contribution is 0.106. The van der Waals surface area contributed by atoms with Gasteiger partial charge in [-0.2, -0.15) is 5.26 Å². The number of aliphatic imine (C=N–C) groups is 1. The van der Waals surface area contributed by atoms with Gasteiger partial charge >= 0.3 is 0 Å².